The molecule has 1 aliphatic heterocycles. The fourth-order valence-electron chi connectivity index (χ4n) is 2.81. The summed E-state index contributed by atoms with van der Waals surface area (Å²) in [6, 6.07) is 0.504. The van der Waals surface area contributed by atoms with Crippen LogP contribution in [0.1, 0.15) is 29.7 Å². The van der Waals surface area contributed by atoms with Crippen molar-refractivity contribution in [3.8, 4) is 0 Å². The van der Waals surface area contributed by atoms with Gasteiger partial charge < -0.3 is 10.6 Å². The smallest absolute Gasteiger partial charge is 0.191 e. The molecule has 23 heavy (non-hydrogen) atoms. The Kier molecular flexibility index (Phi) is 7.05. The number of nitrogens with zero attached hydrogens (tertiary/aromatic N) is 3. The third-order valence-electron chi connectivity index (χ3n) is 3.95. The summed E-state index contributed by atoms with van der Waals surface area (Å²) in [7, 11) is 1.83. The van der Waals surface area contributed by atoms with E-state index in [9.17, 15) is 0 Å². The number of aliphatic imine (C=N–C) groups is 1. The van der Waals surface area contributed by atoms with Crippen LogP contribution in [0.4, 0.5) is 0 Å². The molecule has 128 valence electrons. The molecule has 1 aliphatic rings. The maximum atomic E-state index is 4.39. The fraction of sp³-hybridized carbons (Fsp3) is 0.647. The Bertz CT molecular complexity index is 529. The Hall–Kier alpha value is -1.40. The number of aromatic nitrogens is 1. The first-order valence-corrected chi connectivity index (χ1v) is 9.13. The molecule has 1 aromatic rings. The summed E-state index contributed by atoms with van der Waals surface area (Å²) < 4.78 is 0. The van der Waals surface area contributed by atoms with Crippen LogP contribution in [0.5, 0.6) is 0 Å². The van der Waals surface area contributed by atoms with E-state index in [4.69, 9.17) is 0 Å². The van der Waals surface area contributed by atoms with Crippen molar-refractivity contribution in [1.82, 2.24) is 20.5 Å². The van der Waals surface area contributed by atoms with Crippen LogP contribution in [0.2, 0.25) is 0 Å². The van der Waals surface area contributed by atoms with Crippen LogP contribution in [-0.4, -0.2) is 55.1 Å². The number of nitrogens with one attached hydrogen (secondary N) is 2. The molecule has 2 heterocycles. The second kappa shape index (κ2) is 9.03. The predicted octanol–water partition coefficient (Wildman–Crippen LogP) is 2.20. The van der Waals surface area contributed by atoms with Crippen molar-refractivity contribution in [2.45, 2.75) is 39.2 Å². The highest BCUT2D eigenvalue weighted by Crippen LogP contribution is 2.12. The molecule has 0 aliphatic carbocycles. The van der Waals surface area contributed by atoms with Crippen LogP contribution in [0.15, 0.2) is 23.3 Å². The minimum atomic E-state index is 0.504. The van der Waals surface area contributed by atoms with Crippen molar-refractivity contribution in [2.24, 2.45) is 4.99 Å². The second-order valence-electron chi connectivity index (χ2n) is 6.27. The first-order chi connectivity index (χ1) is 11.1. The van der Waals surface area contributed by atoms with E-state index in [0.717, 1.165) is 51.4 Å². The van der Waals surface area contributed by atoms with Gasteiger partial charge in [0.2, 0.25) is 0 Å². The van der Waals surface area contributed by atoms with E-state index in [1.54, 1.807) is 11.3 Å². The third kappa shape index (κ3) is 6.31. The van der Waals surface area contributed by atoms with E-state index >= 15 is 0 Å². The van der Waals surface area contributed by atoms with E-state index < -0.39 is 0 Å². The summed E-state index contributed by atoms with van der Waals surface area (Å²) in [4.78, 5) is 12.5. The molecule has 0 radical (unpaired) electrons. The minimum absolute atomic E-state index is 0.504. The summed E-state index contributed by atoms with van der Waals surface area (Å²) in [5, 5.41) is 8.12. The number of guanidine groups is 1. The number of piperidine rings is 1. The first-order valence-electron chi connectivity index (χ1n) is 8.32. The summed E-state index contributed by atoms with van der Waals surface area (Å²) in [6.45, 7) is 12.3. The second-order valence-corrected chi connectivity index (χ2v) is 7.58. The maximum Gasteiger partial charge on any atom is 0.191 e. The van der Waals surface area contributed by atoms with Crippen molar-refractivity contribution in [1.29, 1.82) is 0 Å². The average molecular weight is 336 g/mol. The molecule has 0 aromatic carbocycles. The van der Waals surface area contributed by atoms with Crippen molar-refractivity contribution in [3.05, 3.63) is 28.2 Å². The molecule has 1 saturated heterocycles. The topological polar surface area (TPSA) is 52.5 Å². The summed E-state index contributed by atoms with van der Waals surface area (Å²) >= 11 is 1.76. The van der Waals surface area contributed by atoms with E-state index in [2.05, 4.69) is 45.9 Å². The van der Waals surface area contributed by atoms with Gasteiger partial charge in [0.1, 0.15) is 0 Å². The fourth-order valence-corrected chi connectivity index (χ4v) is 3.60. The van der Waals surface area contributed by atoms with Crippen LogP contribution >= 0.6 is 11.3 Å². The first kappa shape index (κ1) is 17.9. The maximum absolute atomic E-state index is 4.39. The Morgan fingerprint density at radius 3 is 2.78 bits per heavy atom. The van der Waals surface area contributed by atoms with Crippen LogP contribution in [0.25, 0.3) is 0 Å². The molecule has 0 spiro atoms. The molecule has 1 fully saturated rings. The zero-order chi connectivity index (χ0) is 16.7. The van der Waals surface area contributed by atoms with Crippen molar-refractivity contribution >= 4 is 17.3 Å². The highest BCUT2D eigenvalue weighted by atomic mass is 32.1. The molecular formula is C17H29N5S. The predicted molar refractivity (Wildman–Crippen MR) is 99.3 cm³/mol. The van der Waals surface area contributed by atoms with Gasteiger partial charge in [-0.2, -0.15) is 0 Å². The van der Waals surface area contributed by atoms with E-state index in [0.29, 0.717) is 6.04 Å². The van der Waals surface area contributed by atoms with Gasteiger partial charge in [-0.05, 0) is 26.7 Å². The van der Waals surface area contributed by atoms with Crippen LogP contribution in [0.3, 0.4) is 0 Å². The Balaban J connectivity index is 1.68. The minimum Gasteiger partial charge on any atom is -0.356 e. The molecule has 0 unspecified atom stereocenters. The molecule has 2 N–H and O–H groups in total. The van der Waals surface area contributed by atoms with Gasteiger partial charge in [0.15, 0.2) is 5.96 Å². The van der Waals surface area contributed by atoms with Gasteiger partial charge in [0, 0.05) is 56.8 Å². The van der Waals surface area contributed by atoms with Crippen molar-refractivity contribution in [2.75, 3.05) is 33.2 Å². The Morgan fingerprint density at radius 2 is 2.22 bits per heavy atom. The summed E-state index contributed by atoms with van der Waals surface area (Å²) in [5.41, 5.74) is 1.24. The molecule has 6 heteroatoms. The largest absolute Gasteiger partial charge is 0.356 e. The lowest BCUT2D eigenvalue weighted by Gasteiger charge is -2.33. The lowest BCUT2D eigenvalue weighted by atomic mass is 10.0. The van der Waals surface area contributed by atoms with E-state index in [-0.39, 0.29) is 0 Å². The lowest BCUT2D eigenvalue weighted by molar-refractivity contribution is 0.221. The highest BCUT2D eigenvalue weighted by molar-refractivity contribution is 7.11. The van der Waals surface area contributed by atoms with Gasteiger partial charge in [-0.15, -0.1) is 11.3 Å². The van der Waals surface area contributed by atoms with Gasteiger partial charge in [-0.25, -0.2) is 4.98 Å². The molecule has 2 rings (SSSR count). The summed E-state index contributed by atoms with van der Waals surface area (Å²) in [5.74, 6) is 0.900. The standard InChI is InChI=1S/C17H29N5S/c1-13(2)12-22-9-6-15(7-10-22)21-17(18-4)19-8-5-16-20-11-14(3)23-16/h11,15H,1,5-10,12H2,2-4H3,(H2,18,19,21). The lowest BCUT2D eigenvalue weighted by Crippen LogP contribution is -2.49. The van der Waals surface area contributed by atoms with Crippen LogP contribution < -0.4 is 10.6 Å². The third-order valence-corrected chi connectivity index (χ3v) is 4.92. The van der Waals surface area contributed by atoms with Crippen molar-refractivity contribution < 1.29 is 0 Å². The molecular weight excluding hydrogens is 306 g/mol. The SMILES string of the molecule is C=C(C)CN1CCC(NC(=NC)NCCc2ncc(C)s2)CC1. The van der Waals surface area contributed by atoms with Gasteiger partial charge >= 0.3 is 0 Å². The zero-order valence-corrected chi connectivity index (χ0v) is 15.4. The quantitative estimate of drug-likeness (QED) is 0.475. The van der Waals surface area contributed by atoms with Gasteiger partial charge in [-0.3, -0.25) is 9.89 Å². The number of likely N-dealkylation sites (tertiary alicyclic amines) is 1. The Labute approximate surface area is 143 Å². The average Bonchev–Trinajstić information content (AvgIpc) is 2.93. The van der Waals surface area contributed by atoms with Crippen LogP contribution in [0, 0.1) is 6.92 Å². The Morgan fingerprint density at radius 1 is 1.48 bits per heavy atom. The molecule has 5 nitrogen and oxygen atoms in total. The van der Waals surface area contributed by atoms with Gasteiger partial charge in [0.25, 0.3) is 0 Å². The number of aryl methyl sites for hydroxylation is 1. The monoisotopic (exact) mass is 335 g/mol. The van der Waals surface area contributed by atoms with Gasteiger partial charge in [-0.1, -0.05) is 12.2 Å². The molecule has 0 atom stereocenters. The normalized spacial score (nSPS) is 17.3. The number of hydrogen-bond acceptors (Lipinski definition) is 4. The van der Waals surface area contributed by atoms with Crippen molar-refractivity contribution in [3.63, 3.8) is 0 Å². The molecule has 0 bridgehead atoms. The van der Waals surface area contributed by atoms with E-state index in [1.807, 2.05) is 13.2 Å². The van der Waals surface area contributed by atoms with Crippen LogP contribution in [-0.2, 0) is 6.42 Å². The van der Waals surface area contributed by atoms with E-state index in [1.165, 1.54) is 15.5 Å². The number of rotatable bonds is 6. The number of hydrogen-bond donors (Lipinski definition) is 2. The molecule has 0 amide bonds. The summed E-state index contributed by atoms with van der Waals surface area (Å²) in [6.07, 6.45) is 5.18. The molecule has 1 aromatic heterocycles. The molecule has 0 saturated carbocycles. The number of thiazole rings is 1. The highest BCUT2D eigenvalue weighted by Gasteiger charge is 2.19. The van der Waals surface area contributed by atoms with Gasteiger partial charge in [0.05, 0.1) is 5.01 Å². The zero-order valence-electron chi connectivity index (χ0n) is 14.6.